The highest BCUT2D eigenvalue weighted by molar-refractivity contribution is 7.44. The van der Waals surface area contributed by atoms with Gasteiger partial charge in [0.15, 0.2) is 23.2 Å². The van der Waals surface area contributed by atoms with E-state index in [-0.39, 0.29) is 30.4 Å². The van der Waals surface area contributed by atoms with Crippen LogP contribution in [-0.4, -0.2) is 95.5 Å². The molecule has 1 N–H and O–H groups in total. The van der Waals surface area contributed by atoms with E-state index in [0.29, 0.717) is 28.2 Å². The lowest BCUT2D eigenvalue weighted by atomic mass is 9.80. The zero-order valence-corrected chi connectivity index (χ0v) is 36.6. The molecule has 15 heteroatoms. The minimum Gasteiger partial charge on any atom is -0.497 e. The second-order valence-electron chi connectivity index (χ2n) is 15.0. The highest BCUT2D eigenvalue weighted by Gasteiger charge is 2.51. The molecule has 1 aliphatic heterocycles. The van der Waals surface area contributed by atoms with Gasteiger partial charge in [0.2, 0.25) is 0 Å². The number of methoxy groups -OCH3 is 3. The van der Waals surface area contributed by atoms with Crippen molar-refractivity contribution >= 4 is 31.4 Å². The molecule has 1 unspecified atom stereocenters. The van der Waals surface area contributed by atoms with Gasteiger partial charge in [-0.05, 0) is 80.8 Å². The number of carbonyl (C=O) groups is 1. The molecule has 7 rings (SSSR count). The van der Waals surface area contributed by atoms with Gasteiger partial charge < -0.3 is 38.0 Å². The molecular weight excluding hydrogens is 796 g/mol. The maximum absolute atomic E-state index is 13.2. The minimum atomic E-state index is -1.62. The Balaban J connectivity index is 1.31. The molecule has 0 spiro atoms. The monoisotopic (exact) mass is 848 g/mol. The van der Waals surface area contributed by atoms with E-state index in [0.717, 1.165) is 16.7 Å². The fourth-order valence-electron chi connectivity index (χ4n) is 7.91. The Morgan fingerprint density at radius 3 is 1.89 bits per heavy atom. The number of benzene rings is 4. The van der Waals surface area contributed by atoms with E-state index in [1.807, 2.05) is 72.8 Å². The highest BCUT2D eigenvalue weighted by Crippen LogP contribution is 2.51. The number of carbonyl (C=O) groups excluding carboxylic acids is 1. The molecule has 3 heterocycles. The van der Waals surface area contributed by atoms with Crippen LogP contribution in [0.2, 0.25) is 0 Å². The molecule has 0 radical (unpaired) electrons. The van der Waals surface area contributed by atoms with E-state index < -0.39 is 38.7 Å². The van der Waals surface area contributed by atoms with E-state index in [1.54, 1.807) is 63.6 Å². The van der Waals surface area contributed by atoms with E-state index >= 15 is 0 Å². The Kier molecular flexibility index (Phi) is 14.1. The van der Waals surface area contributed by atoms with Gasteiger partial charge in [-0.25, -0.2) is 19.6 Å². The molecule has 0 aliphatic carbocycles. The molecule has 1 aliphatic rings. The molecule has 5 atom stereocenters. The number of ether oxygens (including phenoxy) is 5. The van der Waals surface area contributed by atoms with Crippen molar-refractivity contribution in [2.24, 2.45) is 0 Å². The second kappa shape index (κ2) is 19.6. The fourth-order valence-corrected chi connectivity index (χ4v) is 9.48. The van der Waals surface area contributed by atoms with Gasteiger partial charge in [0.25, 0.3) is 14.4 Å². The maximum Gasteiger partial charge on any atom is 0.259 e. The number of rotatable bonds is 18. The summed E-state index contributed by atoms with van der Waals surface area (Å²) in [6.45, 7) is 8.50. The van der Waals surface area contributed by atoms with Gasteiger partial charge in [-0.15, -0.1) is 0 Å². The summed E-state index contributed by atoms with van der Waals surface area (Å²) in [5.74, 6) is 1.36. The first kappa shape index (κ1) is 43.8. The zero-order valence-electron chi connectivity index (χ0n) is 35.7. The third-order valence-electron chi connectivity index (χ3n) is 10.7. The Bertz CT molecular complexity index is 2280. The van der Waals surface area contributed by atoms with Crippen LogP contribution in [0.15, 0.2) is 122 Å². The number of hydrogen-bond donors (Lipinski definition) is 1. The molecule has 1 saturated heterocycles. The van der Waals surface area contributed by atoms with Gasteiger partial charge in [0.1, 0.15) is 41.7 Å². The van der Waals surface area contributed by atoms with Gasteiger partial charge in [-0.1, -0.05) is 72.8 Å². The molecule has 320 valence electrons. The molecule has 2 aromatic heterocycles. The third-order valence-corrected chi connectivity index (χ3v) is 12.7. The van der Waals surface area contributed by atoms with Crippen LogP contribution in [0.5, 0.6) is 11.5 Å². The number of amides is 1. The van der Waals surface area contributed by atoms with Crippen LogP contribution < -0.4 is 14.8 Å². The summed E-state index contributed by atoms with van der Waals surface area (Å²) in [5, 5.41) is 2.90. The first-order valence-corrected chi connectivity index (χ1v) is 21.3. The summed E-state index contributed by atoms with van der Waals surface area (Å²) in [6.07, 6.45) is 0.0897. The third kappa shape index (κ3) is 9.03. The normalized spacial score (nSPS) is 18.5. The fraction of sp³-hybridized carbons (Fsp3) is 0.348. The van der Waals surface area contributed by atoms with Crippen molar-refractivity contribution in [3.63, 3.8) is 0 Å². The van der Waals surface area contributed by atoms with Crippen molar-refractivity contribution in [2.75, 3.05) is 40.4 Å². The maximum atomic E-state index is 13.2. The number of imidazole rings is 1. The first-order valence-electron chi connectivity index (χ1n) is 20.1. The predicted molar refractivity (Wildman–Crippen MR) is 234 cm³/mol. The van der Waals surface area contributed by atoms with E-state index in [4.69, 9.17) is 37.7 Å². The Hall–Kier alpha value is -5.31. The van der Waals surface area contributed by atoms with Crippen LogP contribution in [0.4, 0.5) is 5.82 Å². The van der Waals surface area contributed by atoms with Crippen molar-refractivity contribution in [3.8, 4) is 11.5 Å². The van der Waals surface area contributed by atoms with Crippen LogP contribution in [0.25, 0.3) is 11.2 Å². The Labute approximate surface area is 358 Å². The molecule has 0 bridgehead atoms. The Morgan fingerprint density at radius 2 is 1.34 bits per heavy atom. The first-order chi connectivity index (χ1) is 29.6. The molecule has 61 heavy (non-hydrogen) atoms. The van der Waals surface area contributed by atoms with Gasteiger partial charge in [-0.3, -0.25) is 9.36 Å². The SMILES string of the molecule is COc1ccc(C(OC[C@H]2O[C@@H](n3cnc4c(NC(=O)c5ccccc5)ncnc43)[C@H](OP(OC)N(C(C)C)C(C)C)[C@@H]2OC)(c2ccccc2)c2ccc(OC)cc2)cc1. The lowest BCUT2D eigenvalue weighted by Crippen LogP contribution is -2.42. The van der Waals surface area contributed by atoms with E-state index in [9.17, 15) is 4.79 Å². The number of anilines is 1. The summed E-state index contributed by atoms with van der Waals surface area (Å²) in [5.41, 5.74) is 2.81. The van der Waals surface area contributed by atoms with Crippen molar-refractivity contribution in [2.45, 2.75) is 69.9 Å². The number of nitrogens with zero attached hydrogens (tertiary/aromatic N) is 5. The van der Waals surface area contributed by atoms with E-state index in [1.165, 1.54) is 6.33 Å². The van der Waals surface area contributed by atoms with Crippen LogP contribution in [-0.2, 0) is 28.9 Å². The predicted octanol–water partition coefficient (Wildman–Crippen LogP) is 8.39. The summed E-state index contributed by atoms with van der Waals surface area (Å²) in [4.78, 5) is 27.0. The average molecular weight is 849 g/mol. The number of nitrogens with one attached hydrogen (secondary N) is 1. The van der Waals surface area contributed by atoms with Crippen molar-refractivity contribution in [3.05, 3.63) is 144 Å². The van der Waals surface area contributed by atoms with Crippen molar-refractivity contribution < 1.29 is 37.5 Å². The van der Waals surface area contributed by atoms with Crippen LogP contribution in [0.3, 0.4) is 0 Å². The topological polar surface area (TPSA) is 141 Å². The van der Waals surface area contributed by atoms with Gasteiger partial charge in [0.05, 0.1) is 27.2 Å². The second-order valence-corrected chi connectivity index (χ2v) is 16.5. The molecule has 6 aromatic rings. The van der Waals surface area contributed by atoms with Crippen LogP contribution >= 0.6 is 8.53 Å². The molecule has 0 saturated carbocycles. The Morgan fingerprint density at radius 1 is 0.770 bits per heavy atom. The summed E-state index contributed by atoms with van der Waals surface area (Å²) < 4.78 is 49.0. The average Bonchev–Trinajstić information content (AvgIpc) is 3.88. The van der Waals surface area contributed by atoms with Gasteiger partial charge >= 0.3 is 0 Å². The number of fused-ring (bicyclic) bond motifs is 1. The minimum absolute atomic E-state index is 0.0603. The summed E-state index contributed by atoms with van der Waals surface area (Å²) >= 11 is 0. The van der Waals surface area contributed by atoms with E-state index in [2.05, 4.69) is 59.8 Å². The number of hydrogen-bond acceptors (Lipinski definition) is 12. The molecule has 1 fully saturated rings. The van der Waals surface area contributed by atoms with Crippen LogP contribution in [0.1, 0.15) is 61.0 Å². The molecular formula is C46H53N6O8P. The van der Waals surface area contributed by atoms with Gasteiger partial charge in [-0.2, -0.15) is 0 Å². The summed E-state index contributed by atoms with van der Waals surface area (Å²) in [7, 11) is 4.96. The summed E-state index contributed by atoms with van der Waals surface area (Å²) in [6, 6.07) is 34.9. The zero-order chi connectivity index (χ0) is 43.1. The van der Waals surface area contributed by atoms with Crippen LogP contribution in [0, 0.1) is 0 Å². The highest BCUT2D eigenvalue weighted by atomic mass is 31.2. The number of aromatic nitrogens is 4. The van der Waals surface area contributed by atoms with Crippen molar-refractivity contribution in [1.82, 2.24) is 24.2 Å². The lowest BCUT2D eigenvalue weighted by molar-refractivity contribution is -0.0980. The smallest absolute Gasteiger partial charge is 0.259 e. The quantitative estimate of drug-likeness (QED) is 0.0656. The largest absolute Gasteiger partial charge is 0.497 e. The molecule has 14 nitrogen and oxygen atoms in total. The van der Waals surface area contributed by atoms with Gasteiger partial charge in [0, 0.05) is 31.9 Å². The standard InChI is InChI=1S/C46H53N6O8P/c1-30(2)52(31(3)4)61(57-8)60-41-40(56-7)38(59-45(41)51-29-49-39-42(47-28-48-43(39)51)50-44(53)32-15-11-9-12-16-32)27-58-46(33-17-13-10-14-18-33,34-19-23-36(54-5)24-20-34)35-21-25-37(55-6)26-22-35/h9-26,28-31,38,40-41,45H,27H2,1-8H3,(H,47,48,50,53)/t38-,40-,41-,45-,61?/m1/s1. The van der Waals surface area contributed by atoms with Crippen molar-refractivity contribution in [1.29, 1.82) is 0 Å². The molecule has 4 aromatic carbocycles. The molecule has 1 amide bonds. The lowest BCUT2D eigenvalue weighted by Gasteiger charge is -2.38.